The lowest BCUT2D eigenvalue weighted by molar-refractivity contribution is -0.0308. The van der Waals surface area contributed by atoms with E-state index in [2.05, 4.69) is 16.4 Å². The summed E-state index contributed by atoms with van der Waals surface area (Å²) in [5.74, 6) is -1.40. The molecule has 0 aliphatic carbocycles. The van der Waals surface area contributed by atoms with Crippen LogP contribution in [0.1, 0.15) is 22.3 Å². The predicted molar refractivity (Wildman–Crippen MR) is 105 cm³/mol. The molecule has 8 heteroatoms. The first-order valence-electron chi connectivity index (χ1n) is 9.07. The third-order valence-corrected chi connectivity index (χ3v) is 6.23. The second-order valence-electron chi connectivity index (χ2n) is 6.96. The number of ether oxygens (including phenoxy) is 1. The molecule has 2 aliphatic rings. The Morgan fingerprint density at radius 2 is 2.07 bits per heavy atom. The Kier molecular flexibility index (Phi) is 5.35. The van der Waals surface area contributed by atoms with Crippen molar-refractivity contribution in [3.8, 4) is 6.07 Å². The molecule has 0 saturated carbocycles. The minimum absolute atomic E-state index is 0.0241. The fourth-order valence-electron chi connectivity index (χ4n) is 3.70. The zero-order chi connectivity index (χ0) is 20.4. The van der Waals surface area contributed by atoms with Gasteiger partial charge in [-0.25, -0.2) is 13.8 Å². The molecule has 29 heavy (non-hydrogen) atoms. The Bertz CT molecular complexity index is 1010. The first kappa shape index (κ1) is 19.6. The van der Waals surface area contributed by atoms with Crippen molar-refractivity contribution >= 4 is 22.8 Å². The third kappa shape index (κ3) is 3.76. The number of nitriles is 1. The molecule has 1 saturated heterocycles. The van der Waals surface area contributed by atoms with Crippen molar-refractivity contribution in [3.63, 3.8) is 0 Å². The zero-order valence-corrected chi connectivity index (χ0v) is 16.1. The first-order chi connectivity index (χ1) is 14.0. The number of nitrogens with one attached hydrogen (secondary N) is 1. The van der Waals surface area contributed by atoms with Crippen molar-refractivity contribution in [1.82, 2.24) is 5.32 Å². The maximum Gasteiger partial charge on any atom is 0.257 e. The van der Waals surface area contributed by atoms with Gasteiger partial charge in [-0.2, -0.15) is 5.26 Å². The smallest absolute Gasteiger partial charge is 0.257 e. The molecule has 4 rings (SSSR count). The number of aliphatic imine (C=N–C) groups is 1. The van der Waals surface area contributed by atoms with Crippen LogP contribution in [0.2, 0.25) is 0 Å². The van der Waals surface area contributed by atoms with Crippen molar-refractivity contribution in [3.05, 3.63) is 71.3 Å². The van der Waals surface area contributed by atoms with E-state index in [0.717, 1.165) is 6.07 Å². The summed E-state index contributed by atoms with van der Waals surface area (Å²) in [5.41, 5.74) is -0.452. The van der Waals surface area contributed by atoms with Gasteiger partial charge in [-0.15, -0.1) is 0 Å². The summed E-state index contributed by atoms with van der Waals surface area (Å²) in [7, 11) is 0. The molecule has 1 N–H and O–H groups in total. The van der Waals surface area contributed by atoms with E-state index in [0.29, 0.717) is 22.9 Å². The lowest BCUT2D eigenvalue weighted by Gasteiger charge is -2.45. The van der Waals surface area contributed by atoms with Crippen LogP contribution in [-0.2, 0) is 10.3 Å². The van der Waals surface area contributed by atoms with E-state index >= 15 is 0 Å². The van der Waals surface area contributed by atoms with Crippen molar-refractivity contribution in [2.24, 2.45) is 10.9 Å². The van der Waals surface area contributed by atoms with E-state index in [9.17, 15) is 18.8 Å². The second kappa shape index (κ2) is 7.93. The van der Waals surface area contributed by atoms with Gasteiger partial charge in [-0.1, -0.05) is 36.0 Å². The molecular formula is C21H17F2N3O2S. The molecule has 2 aromatic carbocycles. The number of fused-ring (bicyclic) bond motifs is 1. The van der Waals surface area contributed by atoms with Gasteiger partial charge in [0.1, 0.15) is 23.3 Å². The Balaban J connectivity index is 1.71. The van der Waals surface area contributed by atoms with Crippen LogP contribution < -0.4 is 5.32 Å². The number of amides is 1. The van der Waals surface area contributed by atoms with E-state index < -0.39 is 23.3 Å². The lowest BCUT2D eigenvalue weighted by atomic mass is 9.75. The van der Waals surface area contributed by atoms with Gasteiger partial charge in [0.2, 0.25) is 0 Å². The highest BCUT2D eigenvalue weighted by Gasteiger charge is 2.50. The minimum atomic E-state index is -1.13. The number of thioether (sulfide) groups is 1. The van der Waals surface area contributed by atoms with Crippen molar-refractivity contribution < 1.29 is 18.3 Å². The van der Waals surface area contributed by atoms with Crippen LogP contribution in [0.25, 0.3) is 0 Å². The van der Waals surface area contributed by atoms with Crippen LogP contribution in [0.5, 0.6) is 0 Å². The summed E-state index contributed by atoms with van der Waals surface area (Å²) in [4.78, 5) is 17.2. The third-order valence-electron chi connectivity index (χ3n) is 5.20. The number of carbonyl (C=O) groups is 1. The number of amidine groups is 1. The molecule has 1 amide bonds. The Labute approximate surface area is 170 Å². The molecule has 0 radical (unpaired) electrons. The van der Waals surface area contributed by atoms with Crippen LogP contribution in [0.4, 0.5) is 8.78 Å². The van der Waals surface area contributed by atoms with Crippen LogP contribution in [0.3, 0.4) is 0 Å². The molecule has 0 aromatic heterocycles. The topological polar surface area (TPSA) is 74.5 Å². The fourth-order valence-corrected chi connectivity index (χ4v) is 4.86. The molecule has 0 spiro atoms. The highest BCUT2D eigenvalue weighted by Crippen LogP contribution is 2.46. The largest absolute Gasteiger partial charge is 0.360 e. The summed E-state index contributed by atoms with van der Waals surface area (Å²) in [5, 5.41) is 12.3. The lowest BCUT2D eigenvalue weighted by Crippen LogP contribution is -2.51. The van der Waals surface area contributed by atoms with Crippen molar-refractivity contribution in [2.45, 2.75) is 18.1 Å². The number of halogens is 2. The predicted octanol–water partition coefficient (Wildman–Crippen LogP) is 3.62. The standard InChI is InChI=1S/C21H17F2N3O2S/c22-15-6-7-17(18(23)9-15)21-12-28-16(10-24)8-14(21)11-29-20(26-21)25-19(27)13-4-2-1-3-5-13/h1-7,9,14,16H,8,11-12H2,(H,25,26,27)/t14-,16+,21-/m0/s1. The molecule has 0 unspecified atom stereocenters. The number of rotatable bonds is 2. The minimum Gasteiger partial charge on any atom is -0.360 e. The van der Waals surface area contributed by atoms with Gasteiger partial charge in [0.15, 0.2) is 5.17 Å². The highest BCUT2D eigenvalue weighted by atomic mass is 32.2. The van der Waals surface area contributed by atoms with E-state index in [-0.39, 0.29) is 24.0 Å². The zero-order valence-electron chi connectivity index (χ0n) is 15.3. The van der Waals surface area contributed by atoms with Gasteiger partial charge in [0.05, 0.1) is 12.7 Å². The Morgan fingerprint density at radius 1 is 1.28 bits per heavy atom. The number of carbonyl (C=O) groups excluding carboxylic acids is 1. The van der Waals surface area contributed by atoms with Gasteiger partial charge in [0, 0.05) is 28.9 Å². The van der Waals surface area contributed by atoms with Gasteiger partial charge >= 0.3 is 0 Å². The van der Waals surface area contributed by atoms with Gasteiger partial charge < -0.3 is 10.1 Å². The quantitative estimate of drug-likeness (QED) is 0.816. The van der Waals surface area contributed by atoms with Crippen LogP contribution in [0.15, 0.2) is 53.5 Å². The molecule has 148 valence electrons. The maximum absolute atomic E-state index is 14.7. The monoisotopic (exact) mass is 413 g/mol. The summed E-state index contributed by atoms with van der Waals surface area (Å²) in [6.07, 6.45) is -0.225. The Hall–Kier alpha value is -2.76. The average molecular weight is 413 g/mol. The van der Waals surface area contributed by atoms with Crippen molar-refractivity contribution in [2.75, 3.05) is 12.4 Å². The number of hydrogen-bond acceptors (Lipinski definition) is 5. The summed E-state index contributed by atoms with van der Waals surface area (Å²) in [6.45, 7) is -0.0241. The summed E-state index contributed by atoms with van der Waals surface area (Å²) < 4.78 is 33.8. The number of hydrogen-bond donors (Lipinski definition) is 1. The molecule has 1 fully saturated rings. The van der Waals surface area contributed by atoms with E-state index in [1.165, 1.54) is 23.9 Å². The SMILES string of the molecule is N#C[C@H]1C[C@H]2CSC(NC(=O)c3ccccc3)=N[C@@]2(c2ccc(F)cc2F)CO1. The summed E-state index contributed by atoms with van der Waals surface area (Å²) >= 11 is 1.34. The van der Waals surface area contributed by atoms with Crippen LogP contribution in [0, 0.1) is 28.9 Å². The maximum atomic E-state index is 14.7. The van der Waals surface area contributed by atoms with Crippen LogP contribution >= 0.6 is 11.8 Å². The average Bonchev–Trinajstić information content (AvgIpc) is 2.73. The number of nitrogens with zero attached hydrogens (tertiary/aromatic N) is 2. The molecule has 0 bridgehead atoms. The van der Waals surface area contributed by atoms with E-state index in [1.54, 1.807) is 24.3 Å². The molecule has 2 heterocycles. The van der Waals surface area contributed by atoms with Gasteiger partial charge in [0.25, 0.3) is 5.91 Å². The van der Waals surface area contributed by atoms with Crippen LogP contribution in [-0.4, -0.2) is 29.5 Å². The normalized spacial score (nSPS) is 26.0. The summed E-state index contributed by atoms with van der Waals surface area (Å²) in [6, 6.07) is 14.1. The highest BCUT2D eigenvalue weighted by molar-refractivity contribution is 8.13. The van der Waals surface area contributed by atoms with Gasteiger partial charge in [-0.05, 0) is 24.6 Å². The second-order valence-corrected chi connectivity index (χ2v) is 7.97. The molecule has 2 aromatic rings. The van der Waals surface area contributed by atoms with Crippen molar-refractivity contribution in [1.29, 1.82) is 5.26 Å². The Morgan fingerprint density at radius 3 is 2.79 bits per heavy atom. The van der Waals surface area contributed by atoms with E-state index in [4.69, 9.17) is 4.74 Å². The fraction of sp³-hybridized carbons (Fsp3) is 0.286. The molecule has 5 nitrogen and oxygen atoms in total. The number of benzene rings is 2. The molecule has 3 atom stereocenters. The molecular weight excluding hydrogens is 396 g/mol. The first-order valence-corrected chi connectivity index (χ1v) is 10.1. The van der Waals surface area contributed by atoms with E-state index in [1.807, 2.05) is 6.07 Å². The molecule has 2 aliphatic heterocycles. The van der Waals surface area contributed by atoms with Gasteiger partial charge in [-0.3, -0.25) is 4.79 Å².